The van der Waals surface area contributed by atoms with Crippen molar-refractivity contribution in [3.05, 3.63) is 59.9 Å². The second-order valence-corrected chi connectivity index (χ2v) is 5.81. The van der Waals surface area contributed by atoms with Crippen molar-refractivity contribution < 1.29 is 18.3 Å². The van der Waals surface area contributed by atoms with Gasteiger partial charge < -0.3 is 9.64 Å². The maximum atomic E-state index is 13.3. The van der Waals surface area contributed by atoms with Crippen LogP contribution in [0, 0.1) is 11.6 Å². The third kappa shape index (κ3) is 3.37. The van der Waals surface area contributed by atoms with Gasteiger partial charge in [0.1, 0.15) is 5.75 Å². The summed E-state index contributed by atoms with van der Waals surface area (Å²) >= 11 is 0. The van der Waals surface area contributed by atoms with Crippen LogP contribution in [-0.2, 0) is 4.79 Å². The Kier molecular flexibility index (Phi) is 4.74. The number of carbonyl (C=O) groups is 1. The van der Waals surface area contributed by atoms with Gasteiger partial charge >= 0.3 is 0 Å². The van der Waals surface area contributed by atoms with Crippen LogP contribution < -0.4 is 4.74 Å². The minimum atomic E-state index is -0.997. The zero-order chi connectivity index (χ0) is 17.1. The van der Waals surface area contributed by atoms with Crippen LogP contribution in [0.4, 0.5) is 8.78 Å². The Hall–Kier alpha value is -2.50. The van der Waals surface area contributed by atoms with Crippen molar-refractivity contribution in [1.82, 2.24) is 9.88 Å². The van der Waals surface area contributed by atoms with Gasteiger partial charge in [-0.2, -0.15) is 0 Å². The molecule has 1 aromatic heterocycles. The van der Waals surface area contributed by atoms with Gasteiger partial charge in [-0.3, -0.25) is 9.78 Å². The first-order valence-electron chi connectivity index (χ1n) is 7.88. The third-order valence-electron chi connectivity index (χ3n) is 4.18. The highest BCUT2D eigenvalue weighted by atomic mass is 19.2. The van der Waals surface area contributed by atoms with Gasteiger partial charge in [0.15, 0.2) is 17.7 Å². The van der Waals surface area contributed by atoms with E-state index in [1.54, 1.807) is 24.2 Å². The number of halogens is 2. The van der Waals surface area contributed by atoms with Gasteiger partial charge in [0, 0.05) is 25.0 Å². The summed E-state index contributed by atoms with van der Waals surface area (Å²) in [5, 5.41) is 0. The molecule has 2 atom stereocenters. The Balaban J connectivity index is 1.71. The number of rotatable bonds is 4. The highest BCUT2D eigenvalue weighted by Crippen LogP contribution is 2.32. The second kappa shape index (κ2) is 6.95. The highest BCUT2D eigenvalue weighted by molar-refractivity contribution is 5.81. The number of amides is 1. The average molecular weight is 332 g/mol. The first-order valence-corrected chi connectivity index (χ1v) is 7.88. The molecule has 2 heterocycles. The molecule has 1 fully saturated rings. The molecular formula is C18H18F2N2O2. The number of carbonyl (C=O) groups excluding carboxylic acids is 1. The van der Waals surface area contributed by atoms with Crippen molar-refractivity contribution in [2.45, 2.75) is 31.9 Å². The Morgan fingerprint density at radius 1 is 1.25 bits per heavy atom. The SMILES string of the molecule is C[C@@H](Oc1ccc(F)c(F)c1)C(=O)N1CCC[C@@H]1c1ccncc1. The third-order valence-corrected chi connectivity index (χ3v) is 4.18. The smallest absolute Gasteiger partial charge is 0.263 e. The van der Waals surface area contributed by atoms with E-state index in [0.717, 1.165) is 30.5 Å². The molecular weight excluding hydrogens is 314 g/mol. The summed E-state index contributed by atoms with van der Waals surface area (Å²) in [7, 11) is 0. The molecule has 4 nitrogen and oxygen atoms in total. The molecule has 0 bridgehead atoms. The zero-order valence-corrected chi connectivity index (χ0v) is 13.3. The molecule has 0 saturated carbocycles. The van der Waals surface area contributed by atoms with Crippen LogP contribution in [0.1, 0.15) is 31.4 Å². The number of pyridine rings is 1. The van der Waals surface area contributed by atoms with E-state index in [4.69, 9.17) is 4.74 Å². The van der Waals surface area contributed by atoms with Crippen LogP contribution in [-0.4, -0.2) is 28.4 Å². The number of likely N-dealkylation sites (tertiary alicyclic amines) is 1. The molecule has 24 heavy (non-hydrogen) atoms. The Morgan fingerprint density at radius 2 is 2.00 bits per heavy atom. The molecule has 2 aromatic rings. The summed E-state index contributed by atoms with van der Waals surface area (Å²) in [6.07, 6.45) is 4.43. The molecule has 1 aliphatic heterocycles. The summed E-state index contributed by atoms with van der Waals surface area (Å²) in [5.74, 6) is -1.98. The summed E-state index contributed by atoms with van der Waals surface area (Å²) < 4.78 is 31.7. The molecule has 0 unspecified atom stereocenters. The molecule has 1 aromatic carbocycles. The molecule has 0 radical (unpaired) electrons. The molecule has 0 N–H and O–H groups in total. The van der Waals surface area contributed by atoms with E-state index < -0.39 is 17.7 Å². The minimum absolute atomic E-state index is 0.00324. The summed E-state index contributed by atoms with van der Waals surface area (Å²) in [4.78, 5) is 18.5. The number of aromatic nitrogens is 1. The van der Waals surface area contributed by atoms with E-state index in [-0.39, 0.29) is 17.7 Å². The zero-order valence-electron chi connectivity index (χ0n) is 13.3. The van der Waals surface area contributed by atoms with Crippen molar-refractivity contribution >= 4 is 5.91 Å². The second-order valence-electron chi connectivity index (χ2n) is 5.81. The quantitative estimate of drug-likeness (QED) is 0.861. The fraction of sp³-hybridized carbons (Fsp3) is 0.333. The molecule has 1 amide bonds. The largest absolute Gasteiger partial charge is 0.481 e. The first-order chi connectivity index (χ1) is 11.6. The first kappa shape index (κ1) is 16.4. The van der Waals surface area contributed by atoms with Gasteiger partial charge in [-0.15, -0.1) is 0 Å². The van der Waals surface area contributed by atoms with Crippen molar-refractivity contribution in [2.75, 3.05) is 6.54 Å². The fourth-order valence-electron chi connectivity index (χ4n) is 3.00. The van der Waals surface area contributed by atoms with Gasteiger partial charge in [-0.1, -0.05) is 0 Å². The van der Waals surface area contributed by atoms with Crippen LogP contribution in [0.2, 0.25) is 0 Å². The molecule has 1 aliphatic rings. The van der Waals surface area contributed by atoms with E-state index in [1.807, 2.05) is 12.1 Å². The molecule has 6 heteroatoms. The lowest BCUT2D eigenvalue weighted by Crippen LogP contribution is -2.40. The summed E-state index contributed by atoms with van der Waals surface area (Å²) in [5.41, 5.74) is 1.04. The summed E-state index contributed by atoms with van der Waals surface area (Å²) in [6.45, 7) is 2.27. The van der Waals surface area contributed by atoms with E-state index in [2.05, 4.69) is 4.98 Å². The number of hydrogen-bond donors (Lipinski definition) is 0. The summed E-state index contributed by atoms with van der Waals surface area (Å²) in [6, 6.07) is 7.04. The highest BCUT2D eigenvalue weighted by Gasteiger charge is 2.33. The molecule has 0 aliphatic carbocycles. The fourth-order valence-corrected chi connectivity index (χ4v) is 3.00. The van der Waals surface area contributed by atoms with E-state index in [1.165, 1.54) is 6.07 Å². The molecule has 1 saturated heterocycles. The maximum absolute atomic E-state index is 13.3. The van der Waals surface area contributed by atoms with Gasteiger partial charge in [0.05, 0.1) is 6.04 Å². The molecule has 0 spiro atoms. The van der Waals surface area contributed by atoms with Crippen molar-refractivity contribution in [2.24, 2.45) is 0 Å². The van der Waals surface area contributed by atoms with Crippen LogP contribution >= 0.6 is 0 Å². The Bertz CT molecular complexity index is 724. The number of nitrogens with zero attached hydrogens (tertiary/aromatic N) is 2. The van der Waals surface area contributed by atoms with Crippen molar-refractivity contribution in [3.63, 3.8) is 0 Å². The Morgan fingerprint density at radius 3 is 2.71 bits per heavy atom. The Labute approximate surface area is 139 Å². The average Bonchev–Trinajstić information content (AvgIpc) is 3.08. The maximum Gasteiger partial charge on any atom is 0.263 e. The lowest BCUT2D eigenvalue weighted by Gasteiger charge is -2.28. The van der Waals surface area contributed by atoms with E-state index in [9.17, 15) is 13.6 Å². The van der Waals surface area contributed by atoms with Gasteiger partial charge in [0.25, 0.3) is 5.91 Å². The van der Waals surface area contributed by atoms with E-state index in [0.29, 0.717) is 6.54 Å². The van der Waals surface area contributed by atoms with Crippen molar-refractivity contribution in [3.8, 4) is 5.75 Å². The molecule has 126 valence electrons. The topological polar surface area (TPSA) is 42.4 Å². The van der Waals surface area contributed by atoms with Crippen LogP contribution in [0.25, 0.3) is 0 Å². The standard InChI is InChI=1S/C18H18F2N2O2/c1-12(24-14-4-5-15(19)16(20)11-14)18(23)22-10-2-3-17(22)13-6-8-21-9-7-13/h4-9,11-12,17H,2-3,10H2,1H3/t12-,17-/m1/s1. The van der Waals surface area contributed by atoms with Crippen LogP contribution in [0.15, 0.2) is 42.7 Å². The number of hydrogen-bond acceptors (Lipinski definition) is 3. The van der Waals surface area contributed by atoms with Gasteiger partial charge in [-0.25, -0.2) is 8.78 Å². The van der Waals surface area contributed by atoms with Crippen LogP contribution in [0.3, 0.4) is 0 Å². The van der Waals surface area contributed by atoms with Gasteiger partial charge in [-0.05, 0) is 49.6 Å². The number of benzene rings is 1. The predicted octanol–water partition coefficient (Wildman–Crippen LogP) is 3.49. The van der Waals surface area contributed by atoms with Crippen LogP contribution in [0.5, 0.6) is 5.75 Å². The van der Waals surface area contributed by atoms with Gasteiger partial charge in [0.2, 0.25) is 0 Å². The normalized spacial score (nSPS) is 18.5. The lowest BCUT2D eigenvalue weighted by atomic mass is 10.1. The lowest BCUT2D eigenvalue weighted by molar-refractivity contribution is -0.138. The predicted molar refractivity (Wildman–Crippen MR) is 84.4 cm³/mol. The van der Waals surface area contributed by atoms with Crippen molar-refractivity contribution in [1.29, 1.82) is 0 Å². The number of ether oxygens (including phenoxy) is 1. The molecule has 3 rings (SSSR count). The van der Waals surface area contributed by atoms with E-state index >= 15 is 0 Å². The monoisotopic (exact) mass is 332 g/mol. The minimum Gasteiger partial charge on any atom is -0.481 e.